The normalized spacial score (nSPS) is 21.2. The molecule has 1 aliphatic rings. The number of aliphatic carboxylic acids is 1. The molecular weight excluding hydrogens is 320 g/mol. The van der Waals surface area contributed by atoms with Gasteiger partial charge in [-0.05, 0) is 9.13 Å². The molecule has 0 aliphatic carbocycles. The van der Waals surface area contributed by atoms with Crippen LogP contribution in [0, 0.1) is 0 Å². The summed E-state index contributed by atoms with van der Waals surface area (Å²) in [5.74, 6) is -0.936. The predicted octanol–water partition coefficient (Wildman–Crippen LogP) is -0.625. The van der Waals surface area contributed by atoms with E-state index in [1.165, 1.54) is 0 Å². The Morgan fingerprint density at radius 1 is 0.810 bits per heavy atom. The summed E-state index contributed by atoms with van der Waals surface area (Å²) in [6, 6.07) is 0. The van der Waals surface area contributed by atoms with E-state index in [1.807, 2.05) is 0 Å². The van der Waals surface area contributed by atoms with Crippen molar-refractivity contribution >= 4 is 22.0 Å². The zero-order valence-corrected chi connectivity index (χ0v) is 13.5. The fraction of sp³-hybridized carbons (Fsp3) is 0.900. The molecule has 1 saturated heterocycles. The maximum atomic E-state index is 11.0. The van der Waals surface area contributed by atoms with Crippen LogP contribution in [0.1, 0.15) is 0 Å². The van der Waals surface area contributed by atoms with Crippen molar-refractivity contribution in [2.24, 2.45) is 0 Å². The first kappa shape index (κ1) is 18.5. The van der Waals surface area contributed by atoms with E-state index in [0.29, 0.717) is 39.3 Å². The van der Waals surface area contributed by atoms with Crippen LogP contribution in [0.5, 0.6) is 0 Å². The molecule has 2 atom stereocenters. The summed E-state index contributed by atoms with van der Waals surface area (Å²) in [4.78, 5) is 34.1. The predicted molar refractivity (Wildman–Crippen MR) is 76.6 cm³/mol. The summed E-state index contributed by atoms with van der Waals surface area (Å²) in [5.41, 5.74) is 0. The van der Waals surface area contributed by atoms with Crippen LogP contribution in [-0.4, -0.2) is 93.9 Å². The van der Waals surface area contributed by atoms with Gasteiger partial charge in [0.25, 0.3) is 0 Å². The summed E-state index contributed by atoms with van der Waals surface area (Å²) in [6.07, 6.45) is 0.0463. The summed E-state index contributed by atoms with van der Waals surface area (Å²) >= 11 is 0. The molecule has 1 fully saturated rings. The monoisotopic (exact) mass is 341 g/mol. The SMILES string of the molecule is O=C(O)CN1CCN(C[P+](=O)O)CCN(C[P+](=O)O)CC1. The van der Waals surface area contributed by atoms with Gasteiger partial charge in [0.15, 0.2) is 0 Å². The molecule has 0 bridgehead atoms. The summed E-state index contributed by atoms with van der Waals surface area (Å²) in [6.45, 7) is 2.85. The lowest BCUT2D eigenvalue weighted by Crippen LogP contribution is -2.39. The molecule has 0 aromatic carbocycles. The highest BCUT2D eigenvalue weighted by Crippen LogP contribution is 2.18. The maximum Gasteiger partial charge on any atom is 0.521 e. The van der Waals surface area contributed by atoms with Gasteiger partial charge in [-0.2, -0.15) is 9.79 Å². The third-order valence-corrected chi connectivity index (χ3v) is 4.48. The average Bonchev–Trinajstić information content (AvgIpc) is 2.42. The van der Waals surface area contributed by atoms with Crippen molar-refractivity contribution in [3.8, 4) is 0 Å². The number of nitrogens with zero attached hydrogens (tertiary/aromatic N) is 3. The summed E-state index contributed by atoms with van der Waals surface area (Å²) in [5, 5.41) is 8.88. The number of rotatable bonds is 6. The Balaban J connectivity index is 2.68. The Hall–Kier alpha value is -0.530. The molecule has 1 aliphatic heterocycles. The number of carboxylic acids is 1. The van der Waals surface area contributed by atoms with Gasteiger partial charge in [-0.25, -0.2) is 0 Å². The first-order valence-electron chi connectivity index (χ1n) is 6.52. The highest BCUT2D eigenvalue weighted by molar-refractivity contribution is 7.38. The van der Waals surface area contributed by atoms with Crippen LogP contribution in [0.15, 0.2) is 0 Å². The Bertz CT molecular complexity index is 328. The lowest BCUT2D eigenvalue weighted by atomic mass is 10.4. The molecule has 11 heteroatoms. The standard InChI is InChI=1S/C10H19N3O6P2/c14-10(15)7-11-1-3-12(8-20(16)17)5-6-13(4-2-11)9-21(18)19/h1-9H2,(H-2,14,15,16,17,18,19)/p+2. The van der Waals surface area contributed by atoms with Crippen molar-refractivity contribution in [3.05, 3.63) is 0 Å². The number of hydrogen-bond acceptors (Lipinski definition) is 6. The van der Waals surface area contributed by atoms with Crippen LogP contribution in [0.25, 0.3) is 0 Å². The van der Waals surface area contributed by atoms with E-state index in [0.717, 1.165) is 0 Å². The zero-order chi connectivity index (χ0) is 15.8. The first-order chi connectivity index (χ1) is 9.86. The Morgan fingerprint density at radius 3 is 1.43 bits per heavy atom. The molecule has 1 rings (SSSR count). The van der Waals surface area contributed by atoms with E-state index in [-0.39, 0.29) is 19.1 Å². The van der Waals surface area contributed by atoms with Crippen molar-refractivity contribution in [3.63, 3.8) is 0 Å². The molecule has 3 N–H and O–H groups in total. The second kappa shape index (κ2) is 9.48. The topological polar surface area (TPSA) is 122 Å². The van der Waals surface area contributed by atoms with Crippen LogP contribution in [-0.2, 0) is 13.9 Å². The van der Waals surface area contributed by atoms with Crippen LogP contribution < -0.4 is 0 Å². The minimum atomic E-state index is -2.30. The number of carboxylic acid groups (broad SMARTS) is 1. The Labute approximate surface area is 124 Å². The van der Waals surface area contributed by atoms with Crippen molar-refractivity contribution in [2.45, 2.75) is 0 Å². The molecule has 0 saturated carbocycles. The van der Waals surface area contributed by atoms with E-state index >= 15 is 0 Å². The molecule has 0 radical (unpaired) electrons. The number of carbonyl (C=O) groups is 1. The van der Waals surface area contributed by atoms with Gasteiger partial charge in [0.2, 0.25) is 12.6 Å². The van der Waals surface area contributed by atoms with Gasteiger partial charge in [-0.1, -0.05) is 0 Å². The minimum absolute atomic E-state index is 0.0232. The van der Waals surface area contributed by atoms with Gasteiger partial charge < -0.3 is 5.11 Å². The smallest absolute Gasteiger partial charge is 0.480 e. The molecule has 0 aromatic rings. The van der Waals surface area contributed by atoms with Gasteiger partial charge in [0.05, 0.1) is 6.54 Å². The Morgan fingerprint density at radius 2 is 1.14 bits per heavy atom. The zero-order valence-electron chi connectivity index (χ0n) is 11.7. The molecule has 1 heterocycles. The quantitative estimate of drug-likeness (QED) is 0.542. The van der Waals surface area contributed by atoms with E-state index in [2.05, 4.69) is 0 Å². The molecule has 21 heavy (non-hydrogen) atoms. The fourth-order valence-electron chi connectivity index (χ4n) is 2.16. The molecule has 0 spiro atoms. The van der Waals surface area contributed by atoms with E-state index < -0.39 is 22.0 Å². The van der Waals surface area contributed by atoms with Gasteiger partial charge in [-0.3, -0.25) is 19.5 Å². The van der Waals surface area contributed by atoms with Crippen molar-refractivity contribution < 1.29 is 28.8 Å². The van der Waals surface area contributed by atoms with Crippen LogP contribution in [0.2, 0.25) is 0 Å². The molecule has 9 nitrogen and oxygen atoms in total. The summed E-state index contributed by atoms with van der Waals surface area (Å²) < 4.78 is 21.9. The molecule has 0 amide bonds. The maximum absolute atomic E-state index is 11.0. The lowest BCUT2D eigenvalue weighted by molar-refractivity contribution is -0.138. The minimum Gasteiger partial charge on any atom is -0.480 e. The highest BCUT2D eigenvalue weighted by Gasteiger charge is 2.25. The van der Waals surface area contributed by atoms with Crippen molar-refractivity contribution in [2.75, 3.05) is 58.4 Å². The molecule has 2 unspecified atom stereocenters. The molecular formula is C10H21N3O6P2+2. The first-order valence-corrected chi connectivity index (χ1v) is 9.32. The van der Waals surface area contributed by atoms with Gasteiger partial charge in [0, 0.05) is 39.3 Å². The Kier molecular flexibility index (Phi) is 8.36. The second-order valence-corrected chi connectivity index (χ2v) is 6.87. The van der Waals surface area contributed by atoms with Crippen molar-refractivity contribution in [1.82, 2.24) is 14.7 Å². The number of hydrogen-bond donors (Lipinski definition) is 3. The average molecular weight is 341 g/mol. The lowest BCUT2D eigenvalue weighted by Gasteiger charge is -2.21. The van der Waals surface area contributed by atoms with E-state index in [4.69, 9.17) is 14.9 Å². The van der Waals surface area contributed by atoms with Gasteiger partial charge in [0.1, 0.15) is 0 Å². The highest BCUT2D eigenvalue weighted by atomic mass is 31.1. The fourth-order valence-corrected chi connectivity index (χ4v) is 3.41. The third-order valence-electron chi connectivity index (χ3n) is 3.20. The van der Waals surface area contributed by atoms with Gasteiger partial charge in [-0.15, -0.1) is 0 Å². The van der Waals surface area contributed by atoms with Crippen LogP contribution in [0.4, 0.5) is 0 Å². The second-order valence-electron chi connectivity index (χ2n) is 4.89. The van der Waals surface area contributed by atoms with Gasteiger partial charge >= 0.3 is 22.0 Å². The van der Waals surface area contributed by atoms with Crippen LogP contribution in [0.3, 0.4) is 0 Å². The van der Waals surface area contributed by atoms with Crippen molar-refractivity contribution in [1.29, 1.82) is 0 Å². The van der Waals surface area contributed by atoms with E-state index in [1.54, 1.807) is 14.7 Å². The largest absolute Gasteiger partial charge is 0.521 e. The third kappa shape index (κ3) is 8.48. The van der Waals surface area contributed by atoms with E-state index in [9.17, 15) is 13.9 Å². The summed E-state index contributed by atoms with van der Waals surface area (Å²) in [7, 11) is -4.60. The van der Waals surface area contributed by atoms with Crippen LogP contribution >= 0.6 is 16.1 Å². The molecule has 0 aromatic heterocycles. The molecule has 120 valence electrons.